The van der Waals surface area contributed by atoms with Crippen molar-refractivity contribution in [1.82, 2.24) is 10.6 Å². The van der Waals surface area contributed by atoms with E-state index in [-0.39, 0.29) is 35.7 Å². The molecule has 0 aromatic rings. The minimum atomic E-state index is -0.187. The molecule has 5 nitrogen and oxygen atoms in total. The fourth-order valence-corrected chi connectivity index (χ4v) is 2.80. The topological polar surface area (TPSA) is 70.6 Å². The Morgan fingerprint density at radius 3 is 2.40 bits per heavy atom. The molecule has 3 unspecified atom stereocenters. The number of carbonyl (C=O) groups is 1. The highest BCUT2D eigenvalue weighted by molar-refractivity contribution is 5.75. The maximum absolute atomic E-state index is 12.1. The summed E-state index contributed by atoms with van der Waals surface area (Å²) in [7, 11) is 1.72. The van der Waals surface area contributed by atoms with Crippen LogP contribution in [0.3, 0.4) is 0 Å². The molecule has 0 aromatic carbocycles. The van der Waals surface area contributed by atoms with Crippen LogP contribution in [0, 0.1) is 11.3 Å². The largest absolute Gasteiger partial charge is 0.396 e. The Bertz CT molecular complexity index is 344. The van der Waals surface area contributed by atoms with Crippen LogP contribution in [-0.2, 0) is 4.74 Å². The van der Waals surface area contributed by atoms with Gasteiger partial charge in [-0.1, -0.05) is 27.7 Å². The number of amides is 2. The fourth-order valence-electron chi connectivity index (χ4n) is 2.80. The number of aliphatic hydroxyl groups is 1. The van der Waals surface area contributed by atoms with Gasteiger partial charge in [0.1, 0.15) is 0 Å². The maximum atomic E-state index is 12.1. The third kappa shape index (κ3) is 3.26. The highest BCUT2D eigenvalue weighted by atomic mass is 16.5. The minimum absolute atomic E-state index is 0.00278. The van der Waals surface area contributed by atoms with E-state index in [1.54, 1.807) is 7.11 Å². The summed E-state index contributed by atoms with van der Waals surface area (Å²) in [6.07, 6.45) is 1.39. The van der Waals surface area contributed by atoms with Crippen LogP contribution in [0.2, 0.25) is 0 Å². The lowest BCUT2D eigenvalue weighted by Gasteiger charge is -2.59. The number of aliphatic hydroxyl groups excluding tert-OH is 1. The highest BCUT2D eigenvalue weighted by Crippen LogP contribution is 2.51. The number of carbonyl (C=O) groups excluding carboxylic acids is 1. The SMILES string of the molecule is COC1(C)CC(NC(=O)NC(CCO)C(C)C)C1(C)C. The molecular formula is C15H30N2O3. The van der Waals surface area contributed by atoms with E-state index in [9.17, 15) is 4.79 Å². The summed E-state index contributed by atoms with van der Waals surface area (Å²) < 4.78 is 5.55. The van der Waals surface area contributed by atoms with Gasteiger partial charge in [-0.15, -0.1) is 0 Å². The van der Waals surface area contributed by atoms with E-state index in [1.807, 2.05) is 13.8 Å². The van der Waals surface area contributed by atoms with Crippen LogP contribution in [0.1, 0.15) is 47.5 Å². The predicted octanol–water partition coefficient (Wildman–Crippen LogP) is 1.90. The molecule has 0 aromatic heterocycles. The Morgan fingerprint density at radius 2 is 2.00 bits per heavy atom. The zero-order valence-corrected chi connectivity index (χ0v) is 13.6. The Balaban J connectivity index is 2.52. The van der Waals surface area contributed by atoms with Gasteiger partial charge in [-0.3, -0.25) is 0 Å². The summed E-state index contributed by atoms with van der Waals surface area (Å²) in [5, 5.41) is 15.0. The fraction of sp³-hybridized carbons (Fsp3) is 0.933. The summed E-state index contributed by atoms with van der Waals surface area (Å²) in [5.74, 6) is 0.298. The quantitative estimate of drug-likeness (QED) is 0.698. The zero-order valence-electron chi connectivity index (χ0n) is 13.6. The Hall–Kier alpha value is -0.810. The van der Waals surface area contributed by atoms with Crippen molar-refractivity contribution < 1.29 is 14.6 Å². The van der Waals surface area contributed by atoms with Crippen LogP contribution in [0.15, 0.2) is 0 Å². The van der Waals surface area contributed by atoms with Crippen molar-refractivity contribution >= 4 is 6.03 Å². The van der Waals surface area contributed by atoms with E-state index < -0.39 is 0 Å². The van der Waals surface area contributed by atoms with Gasteiger partial charge in [-0.25, -0.2) is 4.79 Å². The minimum Gasteiger partial charge on any atom is -0.396 e. The van der Waals surface area contributed by atoms with Gasteiger partial charge in [-0.2, -0.15) is 0 Å². The highest BCUT2D eigenvalue weighted by Gasteiger charge is 2.58. The van der Waals surface area contributed by atoms with E-state index in [2.05, 4.69) is 31.4 Å². The molecule has 5 heteroatoms. The van der Waals surface area contributed by atoms with Crippen molar-refractivity contribution in [2.75, 3.05) is 13.7 Å². The lowest BCUT2D eigenvalue weighted by molar-refractivity contribution is -0.177. The van der Waals surface area contributed by atoms with Crippen LogP contribution in [0.25, 0.3) is 0 Å². The van der Waals surface area contributed by atoms with Crippen molar-refractivity contribution in [3.8, 4) is 0 Å². The van der Waals surface area contributed by atoms with Gasteiger partial charge in [0.15, 0.2) is 0 Å². The lowest BCUT2D eigenvalue weighted by Crippen LogP contribution is -2.69. The molecule has 0 aliphatic heterocycles. The summed E-state index contributed by atoms with van der Waals surface area (Å²) in [6, 6.07) is -0.0558. The van der Waals surface area contributed by atoms with Gasteiger partial charge in [0.25, 0.3) is 0 Å². The standard InChI is InChI=1S/C15H30N2O3/c1-10(2)11(7-8-18)16-13(19)17-12-9-15(5,20-6)14(12,3)4/h10-12,18H,7-9H2,1-6H3,(H2,16,17,19). The molecule has 1 aliphatic rings. The number of hydrogen-bond donors (Lipinski definition) is 3. The lowest BCUT2D eigenvalue weighted by atomic mass is 9.56. The first-order valence-corrected chi connectivity index (χ1v) is 7.41. The van der Waals surface area contributed by atoms with Crippen molar-refractivity contribution in [2.45, 2.75) is 65.1 Å². The van der Waals surface area contributed by atoms with E-state index >= 15 is 0 Å². The molecule has 1 rings (SSSR count). The molecule has 3 N–H and O–H groups in total. The Labute approximate surface area is 122 Å². The van der Waals surface area contributed by atoms with Crippen molar-refractivity contribution in [3.05, 3.63) is 0 Å². The average Bonchev–Trinajstić information content (AvgIpc) is 2.37. The first-order valence-electron chi connectivity index (χ1n) is 7.41. The van der Waals surface area contributed by atoms with Crippen LogP contribution in [0.4, 0.5) is 4.79 Å². The predicted molar refractivity (Wildman–Crippen MR) is 79.6 cm³/mol. The van der Waals surface area contributed by atoms with Crippen LogP contribution < -0.4 is 10.6 Å². The second kappa shape index (κ2) is 6.31. The molecule has 1 fully saturated rings. The van der Waals surface area contributed by atoms with Crippen molar-refractivity contribution in [3.63, 3.8) is 0 Å². The van der Waals surface area contributed by atoms with Crippen LogP contribution in [0.5, 0.6) is 0 Å². The summed E-state index contributed by atoms with van der Waals surface area (Å²) in [5.41, 5.74) is -0.281. The number of ether oxygens (including phenoxy) is 1. The molecule has 0 radical (unpaired) electrons. The number of rotatable bonds is 6. The van der Waals surface area contributed by atoms with Gasteiger partial charge in [0.2, 0.25) is 0 Å². The molecule has 0 saturated heterocycles. The van der Waals surface area contributed by atoms with E-state index in [1.165, 1.54) is 0 Å². The number of nitrogens with one attached hydrogen (secondary N) is 2. The van der Waals surface area contributed by atoms with Gasteiger partial charge in [0, 0.05) is 31.2 Å². The summed E-state index contributed by atoms with van der Waals surface area (Å²) in [6.45, 7) is 10.5. The molecule has 0 bridgehead atoms. The first kappa shape index (κ1) is 17.2. The average molecular weight is 286 g/mol. The Morgan fingerprint density at radius 1 is 1.40 bits per heavy atom. The van der Waals surface area contributed by atoms with Gasteiger partial charge in [-0.05, 0) is 25.7 Å². The summed E-state index contributed by atoms with van der Waals surface area (Å²) >= 11 is 0. The van der Waals surface area contributed by atoms with Gasteiger partial charge < -0.3 is 20.5 Å². The maximum Gasteiger partial charge on any atom is 0.315 e. The van der Waals surface area contributed by atoms with Crippen molar-refractivity contribution in [2.24, 2.45) is 11.3 Å². The molecule has 20 heavy (non-hydrogen) atoms. The molecule has 0 spiro atoms. The second-order valence-corrected chi connectivity index (χ2v) is 6.89. The summed E-state index contributed by atoms with van der Waals surface area (Å²) in [4.78, 5) is 12.1. The van der Waals surface area contributed by atoms with E-state index in [0.29, 0.717) is 12.3 Å². The Kier molecular flexibility index (Phi) is 5.44. The molecule has 1 saturated carbocycles. The second-order valence-electron chi connectivity index (χ2n) is 6.89. The van der Waals surface area contributed by atoms with E-state index in [4.69, 9.17) is 9.84 Å². The van der Waals surface area contributed by atoms with Gasteiger partial charge in [0.05, 0.1) is 5.60 Å². The number of hydrogen-bond acceptors (Lipinski definition) is 3. The van der Waals surface area contributed by atoms with Crippen LogP contribution >= 0.6 is 0 Å². The molecular weight excluding hydrogens is 256 g/mol. The number of methoxy groups -OCH3 is 1. The third-order valence-electron chi connectivity index (χ3n) is 5.14. The molecule has 1 aliphatic carbocycles. The molecule has 2 amide bonds. The normalized spacial score (nSPS) is 29.7. The third-order valence-corrected chi connectivity index (χ3v) is 5.14. The van der Waals surface area contributed by atoms with Crippen molar-refractivity contribution in [1.29, 1.82) is 0 Å². The van der Waals surface area contributed by atoms with E-state index in [0.717, 1.165) is 6.42 Å². The monoisotopic (exact) mass is 286 g/mol. The molecule has 118 valence electrons. The van der Waals surface area contributed by atoms with Gasteiger partial charge >= 0.3 is 6.03 Å². The number of urea groups is 1. The first-order chi connectivity index (χ1) is 9.17. The molecule has 0 heterocycles. The smallest absolute Gasteiger partial charge is 0.315 e. The molecule has 3 atom stereocenters. The zero-order chi connectivity index (χ0) is 15.6. The van der Waals surface area contributed by atoms with Crippen LogP contribution in [-0.4, -0.2) is 42.5 Å².